The fraction of sp³-hybridized carbons (Fsp3) is 0.600. The Kier molecular flexibility index (Phi) is 3.96. The minimum Gasteiger partial charge on any atom is -0.336 e. The number of hydrogen-bond acceptors (Lipinski definition) is 5. The van der Waals surface area contributed by atoms with Crippen molar-refractivity contribution in [2.24, 2.45) is 11.8 Å². The monoisotopic (exact) mass is 383 g/mol. The summed E-state index contributed by atoms with van der Waals surface area (Å²) in [6.45, 7) is 8.05. The van der Waals surface area contributed by atoms with Crippen LogP contribution in [-0.2, 0) is 12.8 Å². The van der Waals surface area contributed by atoms with Gasteiger partial charge >= 0.3 is 0 Å². The van der Waals surface area contributed by atoms with Crippen LogP contribution in [0.4, 0.5) is 0 Å². The molecule has 1 aliphatic heterocycles. The summed E-state index contributed by atoms with van der Waals surface area (Å²) in [6.07, 6.45) is 5.66. The molecule has 27 heavy (non-hydrogen) atoms. The molecular formula is C20H25N5OS. The molecule has 2 unspecified atom stereocenters. The Hall–Kier alpha value is -2.02. The van der Waals surface area contributed by atoms with E-state index in [1.165, 1.54) is 23.3 Å². The molecule has 3 aromatic heterocycles. The van der Waals surface area contributed by atoms with E-state index in [1.807, 2.05) is 11.8 Å². The van der Waals surface area contributed by atoms with Crippen molar-refractivity contribution in [1.29, 1.82) is 0 Å². The van der Waals surface area contributed by atoms with Crippen molar-refractivity contribution < 1.29 is 4.79 Å². The van der Waals surface area contributed by atoms with Gasteiger partial charge in [0.25, 0.3) is 5.91 Å². The van der Waals surface area contributed by atoms with Crippen molar-refractivity contribution in [1.82, 2.24) is 24.5 Å². The molecule has 1 saturated heterocycles. The predicted octanol–water partition coefficient (Wildman–Crippen LogP) is 3.64. The fourth-order valence-electron chi connectivity index (χ4n) is 4.55. The van der Waals surface area contributed by atoms with Crippen molar-refractivity contribution in [2.45, 2.75) is 52.9 Å². The maximum Gasteiger partial charge on any atom is 0.293 e. The van der Waals surface area contributed by atoms with Gasteiger partial charge < -0.3 is 4.90 Å². The third kappa shape index (κ3) is 2.74. The van der Waals surface area contributed by atoms with Gasteiger partial charge in [-0.25, -0.2) is 9.97 Å². The number of aromatic nitrogens is 4. The van der Waals surface area contributed by atoms with Crippen LogP contribution in [0, 0.1) is 18.8 Å². The zero-order valence-electron chi connectivity index (χ0n) is 16.2. The number of thiophene rings is 1. The minimum absolute atomic E-state index is 0.0461. The minimum atomic E-state index is -0.0461. The lowest BCUT2D eigenvalue weighted by molar-refractivity contribution is 0.0671. The first-order valence-corrected chi connectivity index (χ1v) is 10.8. The lowest BCUT2D eigenvalue weighted by Crippen LogP contribution is -2.39. The topological polar surface area (TPSA) is 63.4 Å². The number of carbonyl (C=O) groups is 1. The number of aryl methyl sites for hydroxylation is 2. The summed E-state index contributed by atoms with van der Waals surface area (Å²) in [5.41, 5.74) is 2.18. The molecule has 6 nitrogen and oxygen atoms in total. The molecule has 0 N–H and O–H groups in total. The Morgan fingerprint density at radius 2 is 2.04 bits per heavy atom. The number of nitrogens with zero attached hydrogens (tertiary/aromatic N) is 5. The molecule has 0 saturated carbocycles. The van der Waals surface area contributed by atoms with Gasteiger partial charge in [-0.05, 0) is 56.4 Å². The van der Waals surface area contributed by atoms with Crippen LogP contribution in [-0.4, -0.2) is 43.5 Å². The number of hydrogen-bond donors (Lipinski definition) is 0. The van der Waals surface area contributed by atoms with Crippen LogP contribution in [0.2, 0.25) is 0 Å². The summed E-state index contributed by atoms with van der Waals surface area (Å²) in [6, 6.07) is 0. The van der Waals surface area contributed by atoms with E-state index < -0.39 is 0 Å². The average molecular weight is 384 g/mol. The molecule has 1 aliphatic carbocycles. The first kappa shape index (κ1) is 17.1. The zero-order valence-corrected chi connectivity index (χ0v) is 17.0. The van der Waals surface area contributed by atoms with Crippen LogP contribution in [0.25, 0.3) is 15.9 Å². The molecular weight excluding hydrogens is 358 g/mol. The van der Waals surface area contributed by atoms with Crippen LogP contribution in [0.3, 0.4) is 0 Å². The van der Waals surface area contributed by atoms with E-state index in [1.54, 1.807) is 15.9 Å². The highest BCUT2D eigenvalue weighted by atomic mass is 32.1. The molecule has 1 fully saturated rings. The summed E-state index contributed by atoms with van der Waals surface area (Å²) >= 11 is 1.79. The highest BCUT2D eigenvalue weighted by Gasteiger charge is 2.28. The van der Waals surface area contributed by atoms with Crippen molar-refractivity contribution in [3.63, 3.8) is 0 Å². The van der Waals surface area contributed by atoms with Crippen molar-refractivity contribution in [2.75, 3.05) is 13.1 Å². The summed E-state index contributed by atoms with van der Waals surface area (Å²) in [4.78, 5) is 26.9. The highest BCUT2D eigenvalue weighted by molar-refractivity contribution is 7.19. The Bertz CT molecular complexity index is 1050. The summed E-state index contributed by atoms with van der Waals surface area (Å²) in [7, 11) is 0. The maximum atomic E-state index is 13.0. The summed E-state index contributed by atoms with van der Waals surface area (Å²) < 4.78 is 1.77. The normalized spacial score (nSPS) is 23.1. The maximum absolute atomic E-state index is 13.0. The lowest BCUT2D eigenvalue weighted by Gasteiger charge is -2.29. The van der Waals surface area contributed by atoms with Crippen molar-refractivity contribution >= 4 is 33.1 Å². The Morgan fingerprint density at radius 1 is 1.19 bits per heavy atom. The molecule has 4 heterocycles. The standard InChI is InChI=1S/C20H25N5OS/c1-11-6-7-15-14(9-11)16-18-22-17(20(26)24-8-4-5-12(2)10-24)23-25(18)13(3)21-19(16)27-15/h11-12H,4-10H2,1-3H3. The molecule has 1 amide bonds. The Morgan fingerprint density at radius 3 is 2.85 bits per heavy atom. The van der Waals surface area contributed by atoms with E-state index in [0.717, 1.165) is 54.0 Å². The number of carbonyl (C=O) groups excluding carboxylic acids is 1. The van der Waals surface area contributed by atoms with Crippen LogP contribution in [0.1, 0.15) is 60.0 Å². The molecule has 0 radical (unpaired) electrons. The van der Waals surface area contributed by atoms with Gasteiger partial charge in [-0.1, -0.05) is 13.8 Å². The van der Waals surface area contributed by atoms with Gasteiger partial charge in [0.2, 0.25) is 5.82 Å². The number of piperidine rings is 1. The molecule has 0 bridgehead atoms. The van der Waals surface area contributed by atoms with E-state index in [2.05, 4.69) is 18.9 Å². The molecule has 2 atom stereocenters. The zero-order chi connectivity index (χ0) is 18.7. The van der Waals surface area contributed by atoms with E-state index in [4.69, 9.17) is 9.97 Å². The second-order valence-electron chi connectivity index (χ2n) is 8.36. The Labute approximate surface area is 162 Å². The number of amides is 1. The largest absolute Gasteiger partial charge is 0.336 e. The average Bonchev–Trinajstić information content (AvgIpc) is 3.22. The van der Waals surface area contributed by atoms with Gasteiger partial charge in [0.15, 0.2) is 5.65 Å². The molecule has 142 valence electrons. The third-order valence-corrected chi connectivity index (χ3v) is 7.21. The summed E-state index contributed by atoms with van der Waals surface area (Å²) in [5.74, 6) is 2.28. The van der Waals surface area contributed by atoms with E-state index in [-0.39, 0.29) is 5.91 Å². The van der Waals surface area contributed by atoms with E-state index in [9.17, 15) is 4.79 Å². The molecule has 0 spiro atoms. The van der Waals surface area contributed by atoms with Crippen molar-refractivity contribution in [3.8, 4) is 0 Å². The third-order valence-electron chi connectivity index (χ3n) is 6.03. The smallest absolute Gasteiger partial charge is 0.293 e. The van der Waals surface area contributed by atoms with Crippen LogP contribution < -0.4 is 0 Å². The van der Waals surface area contributed by atoms with Gasteiger partial charge in [0, 0.05) is 18.0 Å². The van der Waals surface area contributed by atoms with Crippen LogP contribution in [0.5, 0.6) is 0 Å². The lowest BCUT2D eigenvalue weighted by atomic mass is 9.89. The van der Waals surface area contributed by atoms with Gasteiger partial charge in [-0.2, -0.15) is 4.52 Å². The van der Waals surface area contributed by atoms with Gasteiger partial charge in [0.1, 0.15) is 10.7 Å². The second-order valence-corrected chi connectivity index (χ2v) is 9.44. The SMILES string of the molecule is Cc1nc2sc3c(c2c2nc(C(=O)N4CCCC(C)C4)nn12)CC(C)CC3. The number of rotatable bonds is 1. The Balaban J connectivity index is 1.64. The first-order chi connectivity index (χ1) is 13.0. The van der Waals surface area contributed by atoms with Crippen molar-refractivity contribution in [3.05, 3.63) is 22.1 Å². The van der Waals surface area contributed by atoms with Gasteiger partial charge in [-0.15, -0.1) is 16.4 Å². The first-order valence-electron chi connectivity index (χ1n) is 9.98. The predicted molar refractivity (Wildman–Crippen MR) is 106 cm³/mol. The second kappa shape index (κ2) is 6.26. The molecule has 7 heteroatoms. The van der Waals surface area contributed by atoms with E-state index >= 15 is 0 Å². The molecule has 5 rings (SSSR count). The van der Waals surface area contributed by atoms with Gasteiger partial charge in [-0.3, -0.25) is 4.79 Å². The van der Waals surface area contributed by atoms with Crippen LogP contribution in [0.15, 0.2) is 0 Å². The fourth-order valence-corrected chi connectivity index (χ4v) is 5.81. The highest BCUT2D eigenvalue weighted by Crippen LogP contribution is 2.39. The van der Waals surface area contributed by atoms with Crippen LogP contribution >= 0.6 is 11.3 Å². The van der Waals surface area contributed by atoms with Gasteiger partial charge in [0.05, 0.1) is 5.39 Å². The number of likely N-dealkylation sites (tertiary alicyclic amines) is 1. The van der Waals surface area contributed by atoms with E-state index in [0.29, 0.717) is 17.7 Å². The molecule has 3 aromatic rings. The summed E-state index contributed by atoms with van der Waals surface area (Å²) in [5, 5.41) is 5.68. The molecule has 2 aliphatic rings. The quantitative estimate of drug-likeness (QED) is 0.643. The number of fused-ring (bicyclic) bond motifs is 5. The molecule has 0 aromatic carbocycles.